The molecule has 0 unspecified atom stereocenters. The van der Waals surface area contributed by atoms with Crippen molar-refractivity contribution in [3.63, 3.8) is 0 Å². The fourth-order valence-corrected chi connectivity index (χ4v) is 2.06. The Kier molecular flexibility index (Phi) is 2.36. The molecule has 1 rings (SSSR count). The quantitative estimate of drug-likeness (QED) is 0.705. The van der Waals surface area contributed by atoms with Gasteiger partial charge in [0, 0.05) is 6.20 Å². The van der Waals surface area contributed by atoms with Crippen LogP contribution in [0.2, 0.25) is 5.02 Å². The summed E-state index contributed by atoms with van der Waals surface area (Å²) in [6, 6.07) is 1.30. The van der Waals surface area contributed by atoms with Gasteiger partial charge in [-0.25, -0.2) is 0 Å². The third kappa shape index (κ3) is 1.74. The Morgan fingerprint density at radius 1 is 1.58 bits per heavy atom. The highest BCUT2D eigenvalue weighted by Gasteiger charge is 2.17. The van der Waals surface area contributed by atoms with Crippen molar-refractivity contribution in [2.75, 3.05) is 0 Å². The lowest BCUT2D eigenvalue weighted by Gasteiger charge is -2.01. The average molecular weight is 208 g/mol. The summed E-state index contributed by atoms with van der Waals surface area (Å²) in [5.41, 5.74) is 0.185. The minimum absolute atomic E-state index is 0.0231. The lowest BCUT2D eigenvalue weighted by Crippen LogP contribution is -2.03. The predicted molar refractivity (Wildman–Crippen MR) is 43.8 cm³/mol. The van der Waals surface area contributed by atoms with Gasteiger partial charge in [-0.3, -0.25) is 9.54 Å². The van der Waals surface area contributed by atoms with Crippen molar-refractivity contribution in [2.45, 2.75) is 11.8 Å². The summed E-state index contributed by atoms with van der Waals surface area (Å²) in [7, 11) is -4.26. The van der Waals surface area contributed by atoms with Crippen molar-refractivity contribution < 1.29 is 13.0 Å². The first-order valence-corrected chi connectivity index (χ1v) is 4.83. The van der Waals surface area contributed by atoms with E-state index in [-0.39, 0.29) is 15.6 Å². The highest BCUT2D eigenvalue weighted by molar-refractivity contribution is 7.86. The van der Waals surface area contributed by atoms with Crippen LogP contribution in [0.25, 0.3) is 0 Å². The minimum atomic E-state index is -4.26. The van der Waals surface area contributed by atoms with E-state index in [9.17, 15) is 8.42 Å². The summed E-state index contributed by atoms with van der Waals surface area (Å²) in [6.07, 6.45) is 1.37. The molecule has 12 heavy (non-hydrogen) atoms. The molecular formula is C6H6ClNO3S. The number of aryl methyl sites for hydroxylation is 1. The molecule has 0 aliphatic rings. The van der Waals surface area contributed by atoms with Gasteiger partial charge in [-0.15, -0.1) is 0 Å². The van der Waals surface area contributed by atoms with Crippen LogP contribution in [0, 0.1) is 6.92 Å². The molecule has 0 aromatic carbocycles. The Hall–Kier alpha value is -0.650. The second-order valence-corrected chi connectivity index (χ2v) is 3.95. The first kappa shape index (κ1) is 9.44. The zero-order valence-corrected chi connectivity index (χ0v) is 7.72. The molecule has 1 heterocycles. The summed E-state index contributed by atoms with van der Waals surface area (Å²) >= 11 is 5.53. The molecule has 4 nitrogen and oxygen atoms in total. The van der Waals surface area contributed by atoms with E-state index in [1.54, 1.807) is 0 Å². The highest BCUT2D eigenvalue weighted by atomic mass is 35.5. The number of hydrogen-bond acceptors (Lipinski definition) is 3. The molecule has 1 N–H and O–H groups in total. The van der Waals surface area contributed by atoms with E-state index in [1.165, 1.54) is 19.2 Å². The number of pyridine rings is 1. The summed E-state index contributed by atoms with van der Waals surface area (Å²) in [4.78, 5) is 3.36. The minimum Gasteiger partial charge on any atom is -0.282 e. The molecule has 0 radical (unpaired) electrons. The van der Waals surface area contributed by atoms with Gasteiger partial charge in [0.25, 0.3) is 10.1 Å². The van der Waals surface area contributed by atoms with Gasteiger partial charge in [-0.05, 0) is 13.0 Å². The summed E-state index contributed by atoms with van der Waals surface area (Å²) in [5, 5.41) is -0.0231. The summed E-state index contributed by atoms with van der Waals surface area (Å²) in [6.45, 7) is 1.45. The molecule has 1 aromatic heterocycles. The Labute approximate surface area is 74.9 Å². The maximum absolute atomic E-state index is 10.7. The number of aromatic nitrogens is 1. The number of nitrogens with zero attached hydrogens (tertiary/aromatic N) is 1. The van der Waals surface area contributed by atoms with Crippen LogP contribution in [0.4, 0.5) is 0 Å². The molecule has 0 spiro atoms. The van der Waals surface area contributed by atoms with Gasteiger partial charge in [-0.1, -0.05) is 11.6 Å². The first-order valence-electron chi connectivity index (χ1n) is 3.01. The molecule has 0 amide bonds. The second kappa shape index (κ2) is 3.01. The van der Waals surface area contributed by atoms with Gasteiger partial charge in [0.1, 0.15) is 4.90 Å². The zero-order chi connectivity index (χ0) is 9.35. The van der Waals surface area contributed by atoms with Crippen LogP contribution in [0.1, 0.15) is 5.69 Å². The van der Waals surface area contributed by atoms with E-state index < -0.39 is 10.1 Å². The Bertz CT molecular complexity index is 381. The van der Waals surface area contributed by atoms with Gasteiger partial charge in [0.15, 0.2) is 0 Å². The van der Waals surface area contributed by atoms with E-state index >= 15 is 0 Å². The molecular weight excluding hydrogens is 202 g/mol. The lowest BCUT2D eigenvalue weighted by atomic mass is 10.4. The number of rotatable bonds is 1. The fourth-order valence-electron chi connectivity index (χ4n) is 0.832. The third-order valence-corrected chi connectivity index (χ3v) is 2.75. The van der Waals surface area contributed by atoms with E-state index in [0.29, 0.717) is 0 Å². The summed E-state index contributed by atoms with van der Waals surface area (Å²) in [5.74, 6) is 0. The second-order valence-electron chi connectivity index (χ2n) is 2.18. The normalized spacial score (nSPS) is 11.6. The van der Waals surface area contributed by atoms with Crippen LogP contribution in [0.15, 0.2) is 17.2 Å². The average Bonchev–Trinajstić information content (AvgIpc) is 1.82. The lowest BCUT2D eigenvalue weighted by molar-refractivity contribution is 0.482. The molecule has 0 aliphatic carbocycles. The Morgan fingerprint density at radius 2 is 2.17 bits per heavy atom. The largest absolute Gasteiger partial charge is 0.297 e. The van der Waals surface area contributed by atoms with Crippen molar-refractivity contribution in [2.24, 2.45) is 0 Å². The van der Waals surface area contributed by atoms with E-state index in [2.05, 4.69) is 4.98 Å². The zero-order valence-electron chi connectivity index (χ0n) is 6.15. The standard InChI is InChI=1S/C6H6ClNO3S/c1-4-6(12(9,10)11)5(7)2-3-8-4/h2-3H,1H3,(H,9,10,11). The fraction of sp³-hybridized carbons (Fsp3) is 0.167. The highest BCUT2D eigenvalue weighted by Crippen LogP contribution is 2.22. The Morgan fingerprint density at radius 3 is 2.50 bits per heavy atom. The molecule has 0 saturated carbocycles. The maximum Gasteiger partial charge on any atom is 0.297 e. The van der Waals surface area contributed by atoms with Crippen LogP contribution in [-0.4, -0.2) is 18.0 Å². The predicted octanol–water partition coefficient (Wildman–Crippen LogP) is 1.29. The number of hydrogen-bond donors (Lipinski definition) is 1. The van der Waals surface area contributed by atoms with Crippen molar-refractivity contribution in [1.29, 1.82) is 0 Å². The molecule has 0 saturated heterocycles. The maximum atomic E-state index is 10.7. The number of halogens is 1. The SMILES string of the molecule is Cc1nccc(Cl)c1S(=O)(=O)O. The monoisotopic (exact) mass is 207 g/mol. The molecule has 0 bridgehead atoms. The molecule has 0 fully saturated rings. The van der Waals surface area contributed by atoms with Gasteiger partial charge in [0.05, 0.1) is 10.7 Å². The smallest absolute Gasteiger partial charge is 0.282 e. The van der Waals surface area contributed by atoms with Crippen molar-refractivity contribution in [3.05, 3.63) is 23.0 Å². The van der Waals surface area contributed by atoms with Crippen LogP contribution < -0.4 is 0 Å². The van der Waals surface area contributed by atoms with Crippen LogP contribution in [-0.2, 0) is 10.1 Å². The Balaban J connectivity index is 3.53. The van der Waals surface area contributed by atoms with Gasteiger partial charge in [-0.2, -0.15) is 8.42 Å². The third-order valence-electron chi connectivity index (χ3n) is 1.29. The van der Waals surface area contributed by atoms with Crippen molar-refractivity contribution in [1.82, 2.24) is 4.98 Å². The molecule has 1 aromatic rings. The van der Waals surface area contributed by atoms with E-state index in [0.717, 1.165) is 0 Å². The van der Waals surface area contributed by atoms with Gasteiger partial charge >= 0.3 is 0 Å². The van der Waals surface area contributed by atoms with Crippen LogP contribution in [0.5, 0.6) is 0 Å². The molecule has 0 atom stereocenters. The molecule has 66 valence electrons. The first-order chi connectivity index (χ1) is 5.43. The van der Waals surface area contributed by atoms with Crippen LogP contribution in [0.3, 0.4) is 0 Å². The van der Waals surface area contributed by atoms with Gasteiger partial charge in [0.2, 0.25) is 0 Å². The van der Waals surface area contributed by atoms with Crippen molar-refractivity contribution in [3.8, 4) is 0 Å². The molecule has 6 heteroatoms. The topological polar surface area (TPSA) is 67.3 Å². The summed E-state index contributed by atoms with van der Waals surface area (Å²) < 4.78 is 30.1. The van der Waals surface area contributed by atoms with E-state index in [4.69, 9.17) is 16.2 Å². The van der Waals surface area contributed by atoms with Gasteiger partial charge < -0.3 is 0 Å². The van der Waals surface area contributed by atoms with E-state index in [1.807, 2.05) is 0 Å². The molecule has 0 aliphatic heterocycles. The van der Waals surface area contributed by atoms with Crippen molar-refractivity contribution >= 4 is 21.7 Å². The van der Waals surface area contributed by atoms with Crippen LogP contribution >= 0.6 is 11.6 Å².